The van der Waals surface area contributed by atoms with Crippen molar-refractivity contribution in [2.75, 3.05) is 6.26 Å². The summed E-state index contributed by atoms with van der Waals surface area (Å²) < 4.78 is 37.2. The molecule has 4 nitrogen and oxygen atoms in total. The first-order valence-corrected chi connectivity index (χ1v) is 10.1. The van der Waals surface area contributed by atoms with Crippen LogP contribution in [0.2, 0.25) is 0 Å². The summed E-state index contributed by atoms with van der Waals surface area (Å²) in [5.74, 6) is 0.697. The van der Waals surface area contributed by atoms with Gasteiger partial charge in [0.15, 0.2) is 0 Å². The van der Waals surface area contributed by atoms with Crippen LogP contribution in [0.1, 0.15) is 11.1 Å². The van der Waals surface area contributed by atoms with E-state index < -0.39 is 6.61 Å². The lowest BCUT2D eigenvalue weighted by Gasteiger charge is -2.14. The van der Waals surface area contributed by atoms with E-state index in [4.69, 9.17) is 4.74 Å². The smallest absolute Gasteiger partial charge is 0.387 e. The van der Waals surface area contributed by atoms with Gasteiger partial charge in [-0.05, 0) is 54.6 Å². The molecule has 1 heterocycles. The van der Waals surface area contributed by atoms with Gasteiger partial charge >= 0.3 is 6.61 Å². The van der Waals surface area contributed by atoms with Gasteiger partial charge in [0.1, 0.15) is 18.1 Å². The molecular weight excluding hydrogens is 396 g/mol. The fourth-order valence-corrected chi connectivity index (χ4v) is 3.45. The third-order valence-corrected chi connectivity index (χ3v) is 5.10. The van der Waals surface area contributed by atoms with Gasteiger partial charge in [0, 0.05) is 29.3 Å². The lowest BCUT2D eigenvalue weighted by molar-refractivity contribution is -0.0508. The molecule has 0 aliphatic carbocycles. The summed E-state index contributed by atoms with van der Waals surface area (Å²) in [5, 5.41) is 0. The Balaban J connectivity index is 1.90. The maximum atomic E-state index is 12.6. The highest BCUT2D eigenvalue weighted by molar-refractivity contribution is 7.98. The van der Waals surface area contributed by atoms with Gasteiger partial charge in [0.2, 0.25) is 0 Å². The number of para-hydroxylation sites is 1. The number of pyridine rings is 1. The average Bonchev–Trinajstić information content (AvgIpc) is 2.70. The van der Waals surface area contributed by atoms with Crippen LogP contribution in [0.5, 0.6) is 11.5 Å². The van der Waals surface area contributed by atoms with E-state index in [9.17, 15) is 13.6 Å². The van der Waals surface area contributed by atoms with Crippen LogP contribution in [-0.4, -0.2) is 17.4 Å². The van der Waals surface area contributed by atoms with Crippen LogP contribution >= 0.6 is 11.8 Å². The van der Waals surface area contributed by atoms with E-state index in [0.29, 0.717) is 16.9 Å². The Morgan fingerprint density at radius 3 is 2.55 bits per heavy atom. The Kier molecular flexibility index (Phi) is 6.59. The van der Waals surface area contributed by atoms with Crippen molar-refractivity contribution >= 4 is 11.8 Å². The van der Waals surface area contributed by atoms with Crippen molar-refractivity contribution in [1.29, 1.82) is 0 Å². The molecular formula is C22H21F2NO3S. The molecule has 3 aromatic rings. The molecule has 0 fully saturated rings. The quantitative estimate of drug-likeness (QED) is 0.492. The summed E-state index contributed by atoms with van der Waals surface area (Å²) in [6, 6.07) is 14.2. The lowest BCUT2D eigenvalue weighted by atomic mass is 10.1. The Hall–Kier alpha value is -2.80. The van der Waals surface area contributed by atoms with Gasteiger partial charge in [-0.25, -0.2) is 0 Å². The zero-order chi connectivity index (χ0) is 21.0. The molecule has 0 radical (unpaired) electrons. The number of alkyl halides is 2. The third kappa shape index (κ3) is 5.17. The average molecular weight is 417 g/mol. The lowest BCUT2D eigenvalue weighted by Crippen LogP contribution is -2.18. The topological polar surface area (TPSA) is 40.5 Å². The highest BCUT2D eigenvalue weighted by Crippen LogP contribution is 2.31. The van der Waals surface area contributed by atoms with E-state index in [2.05, 4.69) is 4.74 Å². The first-order valence-electron chi connectivity index (χ1n) is 8.89. The van der Waals surface area contributed by atoms with Gasteiger partial charge in [-0.3, -0.25) is 4.79 Å². The predicted molar refractivity (Wildman–Crippen MR) is 111 cm³/mol. The molecule has 2 aromatic carbocycles. The molecule has 0 saturated carbocycles. The van der Waals surface area contributed by atoms with Crippen LogP contribution in [0.3, 0.4) is 0 Å². The minimum Gasteiger partial charge on any atom is -0.489 e. The van der Waals surface area contributed by atoms with Gasteiger partial charge < -0.3 is 14.0 Å². The van der Waals surface area contributed by atoms with Crippen LogP contribution in [0, 0.1) is 6.92 Å². The summed E-state index contributed by atoms with van der Waals surface area (Å²) in [6.45, 7) is -1.02. The summed E-state index contributed by atoms with van der Waals surface area (Å²) in [4.78, 5) is 13.0. The SMILES string of the molecule is CSc1cc(OCc2ccccc2OC(F)F)cc(-c2cc(C)c(=O)n(C)c2)c1. The maximum Gasteiger partial charge on any atom is 0.387 e. The molecule has 3 rings (SSSR count). The summed E-state index contributed by atoms with van der Waals surface area (Å²) >= 11 is 1.56. The van der Waals surface area contributed by atoms with Crippen LogP contribution < -0.4 is 15.0 Å². The van der Waals surface area contributed by atoms with Crippen molar-refractivity contribution < 1.29 is 18.3 Å². The number of hydrogen-bond acceptors (Lipinski definition) is 4. The van der Waals surface area contributed by atoms with E-state index in [1.54, 1.807) is 54.7 Å². The molecule has 0 saturated heterocycles. The maximum absolute atomic E-state index is 12.6. The minimum absolute atomic E-state index is 0.0399. The monoisotopic (exact) mass is 417 g/mol. The largest absolute Gasteiger partial charge is 0.489 e. The first-order chi connectivity index (χ1) is 13.9. The van der Waals surface area contributed by atoms with Crippen LogP contribution in [0.4, 0.5) is 8.78 Å². The number of nitrogens with zero attached hydrogens (tertiary/aromatic N) is 1. The molecule has 0 atom stereocenters. The van der Waals surface area contributed by atoms with Crippen molar-refractivity contribution in [2.24, 2.45) is 7.05 Å². The minimum atomic E-state index is -2.89. The molecule has 0 spiro atoms. The van der Waals surface area contributed by atoms with E-state index in [0.717, 1.165) is 16.0 Å². The van der Waals surface area contributed by atoms with E-state index in [1.165, 1.54) is 6.07 Å². The van der Waals surface area contributed by atoms with Gasteiger partial charge in [0.25, 0.3) is 5.56 Å². The highest BCUT2D eigenvalue weighted by atomic mass is 32.2. The summed E-state index contributed by atoms with van der Waals surface area (Å²) in [5.41, 5.74) is 2.94. The summed E-state index contributed by atoms with van der Waals surface area (Å²) in [7, 11) is 1.72. The summed E-state index contributed by atoms with van der Waals surface area (Å²) in [6.07, 6.45) is 3.74. The Bertz CT molecular complexity index is 1040. The standard InChI is InChI=1S/C22H21F2NO3S/c1-14-8-17(12-25(2)21(14)26)16-9-18(11-19(10-16)29-3)27-13-15-6-4-5-7-20(15)28-22(23)24/h4-12,22H,13H2,1-3H3. The fraction of sp³-hybridized carbons (Fsp3) is 0.227. The molecule has 152 valence electrons. The fourth-order valence-electron chi connectivity index (χ4n) is 2.97. The number of rotatable bonds is 7. The number of thioether (sulfide) groups is 1. The second kappa shape index (κ2) is 9.13. The van der Waals surface area contributed by atoms with Crippen molar-refractivity contribution in [3.05, 3.63) is 76.2 Å². The Labute approximate surface area is 172 Å². The zero-order valence-electron chi connectivity index (χ0n) is 16.3. The Morgan fingerprint density at radius 1 is 1.10 bits per heavy atom. The van der Waals surface area contributed by atoms with E-state index in [-0.39, 0.29) is 17.9 Å². The molecule has 0 aliphatic heterocycles. The molecule has 0 amide bonds. The van der Waals surface area contributed by atoms with Crippen LogP contribution in [-0.2, 0) is 13.7 Å². The van der Waals surface area contributed by atoms with E-state index in [1.807, 2.05) is 30.5 Å². The Morgan fingerprint density at radius 2 is 1.86 bits per heavy atom. The normalized spacial score (nSPS) is 11.0. The number of halogens is 2. The molecule has 0 bridgehead atoms. The molecule has 0 N–H and O–H groups in total. The van der Waals surface area contributed by atoms with Gasteiger partial charge in [-0.2, -0.15) is 8.78 Å². The molecule has 1 aromatic heterocycles. The molecule has 0 unspecified atom stereocenters. The number of hydrogen-bond donors (Lipinski definition) is 0. The molecule has 0 aliphatic rings. The number of ether oxygens (including phenoxy) is 2. The van der Waals surface area contributed by atoms with Gasteiger partial charge in [-0.15, -0.1) is 11.8 Å². The predicted octanol–water partition coefficient (Wildman–Crippen LogP) is 5.26. The first kappa shape index (κ1) is 20.9. The van der Waals surface area contributed by atoms with Crippen molar-refractivity contribution in [3.63, 3.8) is 0 Å². The zero-order valence-corrected chi connectivity index (χ0v) is 17.1. The number of aromatic nitrogens is 1. The highest BCUT2D eigenvalue weighted by Gasteiger charge is 2.11. The number of benzene rings is 2. The van der Waals surface area contributed by atoms with Crippen LogP contribution in [0.25, 0.3) is 11.1 Å². The van der Waals surface area contributed by atoms with Gasteiger partial charge in [0.05, 0.1) is 0 Å². The van der Waals surface area contributed by atoms with Crippen molar-refractivity contribution in [2.45, 2.75) is 25.0 Å². The molecule has 29 heavy (non-hydrogen) atoms. The second-order valence-corrected chi connectivity index (χ2v) is 7.38. The van der Waals surface area contributed by atoms with Crippen molar-refractivity contribution in [1.82, 2.24) is 4.57 Å². The second-order valence-electron chi connectivity index (χ2n) is 6.50. The molecule has 7 heteroatoms. The van der Waals surface area contributed by atoms with Gasteiger partial charge in [-0.1, -0.05) is 18.2 Å². The van der Waals surface area contributed by atoms with E-state index >= 15 is 0 Å². The number of aryl methyl sites for hydroxylation is 2. The van der Waals surface area contributed by atoms with Crippen molar-refractivity contribution in [3.8, 4) is 22.6 Å². The van der Waals surface area contributed by atoms with Crippen LogP contribution in [0.15, 0.2) is 64.4 Å². The third-order valence-electron chi connectivity index (χ3n) is 4.39.